The van der Waals surface area contributed by atoms with Crippen molar-refractivity contribution in [2.24, 2.45) is 0 Å². The van der Waals surface area contributed by atoms with Crippen LogP contribution in [0.25, 0.3) is 6.08 Å². The molecule has 0 atom stereocenters. The lowest BCUT2D eigenvalue weighted by Crippen LogP contribution is -2.17. The van der Waals surface area contributed by atoms with E-state index in [0.717, 1.165) is 12.1 Å². The summed E-state index contributed by atoms with van der Waals surface area (Å²) in [6, 6.07) is 9.90. The summed E-state index contributed by atoms with van der Waals surface area (Å²) in [5.41, 5.74) is 0.648. The van der Waals surface area contributed by atoms with E-state index >= 15 is 0 Å². The molecule has 5 nitrogen and oxygen atoms in total. The Kier molecular flexibility index (Phi) is 6.23. The number of aromatic carboxylic acids is 1. The van der Waals surface area contributed by atoms with Crippen LogP contribution in [0, 0.1) is 0 Å². The third-order valence-electron chi connectivity index (χ3n) is 3.49. The number of hydrogen-bond acceptors (Lipinski definition) is 4. The van der Waals surface area contributed by atoms with E-state index in [9.17, 15) is 22.8 Å². The second kappa shape index (κ2) is 8.39. The predicted molar refractivity (Wildman–Crippen MR) is 90.8 cm³/mol. The number of carboxylic acids is 1. The number of carboxylic acid groups (broad SMARTS) is 1. The molecular weight excluding hydrogens is 365 g/mol. The van der Waals surface area contributed by atoms with Gasteiger partial charge in [0.2, 0.25) is 0 Å². The molecule has 0 aliphatic heterocycles. The Morgan fingerprint density at radius 3 is 2.44 bits per heavy atom. The van der Waals surface area contributed by atoms with E-state index < -0.39 is 23.9 Å². The molecule has 0 saturated heterocycles. The summed E-state index contributed by atoms with van der Waals surface area (Å²) in [7, 11) is 1.21. The number of halogens is 3. The fourth-order valence-corrected chi connectivity index (χ4v) is 2.32. The zero-order chi connectivity index (χ0) is 20.0. The molecule has 0 saturated carbocycles. The van der Waals surface area contributed by atoms with E-state index in [1.165, 1.54) is 37.5 Å². The van der Waals surface area contributed by atoms with E-state index in [2.05, 4.69) is 4.74 Å². The third kappa shape index (κ3) is 5.88. The number of carbonyl (C=O) groups excluding carboxylic acids is 1. The molecule has 0 bridgehead atoms. The van der Waals surface area contributed by atoms with E-state index in [0.29, 0.717) is 5.56 Å². The molecule has 2 rings (SSSR count). The monoisotopic (exact) mass is 380 g/mol. The summed E-state index contributed by atoms with van der Waals surface area (Å²) in [5.74, 6) is -2.19. The van der Waals surface area contributed by atoms with Gasteiger partial charge in [0.15, 0.2) is 17.3 Å². The van der Waals surface area contributed by atoms with Crippen LogP contribution < -0.4 is 9.47 Å². The van der Waals surface area contributed by atoms with Gasteiger partial charge in [0, 0.05) is 6.42 Å². The van der Waals surface area contributed by atoms with Crippen LogP contribution in [0.3, 0.4) is 0 Å². The maximum absolute atomic E-state index is 12.5. The highest BCUT2D eigenvalue weighted by Crippen LogP contribution is 2.33. The van der Waals surface area contributed by atoms with E-state index in [1.807, 2.05) is 0 Å². The summed E-state index contributed by atoms with van der Waals surface area (Å²) in [4.78, 5) is 23.2. The van der Waals surface area contributed by atoms with Gasteiger partial charge in [-0.25, -0.2) is 4.79 Å². The molecule has 0 fully saturated rings. The van der Waals surface area contributed by atoms with Crippen LogP contribution in [-0.4, -0.2) is 30.3 Å². The van der Waals surface area contributed by atoms with Crippen LogP contribution in [0.2, 0.25) is 0 Å². The first kappa shape index (κ1) is 20.0. The number of ketones is 1. The van der Waals surface area contributed by atoms with Gasteiger partial charge >= 0.3 is 12.3 Å². The molecule has 8 heteroatoms. The van der Waals surface area contributed by atoms with Crippen molar-refractivity contribution < 1.29 is 37.3 Å². The molecule has 0 radical (unpaired) electrons. The minimum absolute atomic E-state index is 0.0181. The first-order valence-electron chi connectivity index (χ1n) is 7.65. The van der Waals surface area contributed by atoms with Crippen molar-refractivity contribution in [3.05, 3.63) is 65.2 Å². The van der Waals surface area contributed by atoms with E-state index in [-0.39, 0.29) is 23.3 Å². The number of hydrogen-bond donors (Lipinski definition) is 1. The standard InChI is InChI=1S/C19H15F3O5/c1-26-16-9-7-12(10-17(16)27-19(20,21)22)6-8-14(23)11-13-4-2-3-5-15(13)18(24)25/h2-10H,11H2,1H3,(H,24,25)/b8-6+. The molecule has 0 aliphatic rings. The molecule has 2 aromatic carbocycles. The van der Waals surface area contributed by atoms with Gasteiger partial charge in [0.05, 0.1) is 12.7 Å². The molecule has 0 amide bonds. The first-order valence-corrected chi connectivity index (χ1v) is 7.65. The van der Waals surface area contributed by atoms with Gasteiger partial charge in [-0.2, -0.15) is 0 Å². The average Bonchev–Trinajstić information content (AvgIpc) is 2.59. The number of allylic oxidation sites excluding steroid dienone is 1. The SMILES string of the molecule is COc1ccc(/C=C/C(=O)Cc2ccccc2C(=O)O)cc1OC(F)(F)F. The van der Waals surface area contributed by atoms with E-state index in [4.69, 9.17) is 9.84 Å². The predicted octanol–water partition coefficient (Wildman–Crippen LogP) is 4.12. The number of carbonyl (C=O) groups is 2. The van der Waals surface area contributed by atoms with Gasteiger partial charge in [-0.3, -0.25) is 4.79 Å². The van der Waals surface area contributed by atoms with Crippen molar-refractivity contribution >= 4 is 17.8 Å². The summed E-state index contributed by atoms with van der Waals surface area (Å²) in [5, 5.41) is 9.11. The number of methoxy groups -OCH3 is 1. The summed E-state index contributed by atoms with van der Waals surface area (Å²) < 4.78 is 46.1. The number of rotatable bonds is 7. The summed E-state index contributed by atoms with van der Waals surface area (Å²) >= 11 is 0. The van der Waals surface area contributed by atoms with Crippen molar-refractivity contribution in [3.63, 3.8) is 0 Å². The van der Waals surface area contributed by atoms with Crippen LogP contribution in [-0.2, 0) is 11.2 Å². The Labute approximate surface area is 152 Å². The maximum Gasteiger partial charge on any atom is 0.573 e. The van der Waals surface area contributed by atoms with Gasteiger partial charge in [0.1, 0.15) is 0 Å². The van der Waals surface area contributed by atoms with Crippen molar-refractivity contribution in [1.29, 1.82) is 0 Å². The Morgan fingerprint density at radius 2 is 1.81 bits per heavy atom. The molecule has 27 heavy (non-hydrogen) atoms. The Bertz CT molecular complexity index is 872. The van der Waals surface area contributed by atoms with Crippen LogP contribution >= 0.6 is 0 Å². The van der Waals surface area contributed by atoms with Crippen molar-refractivity contribution in [2.45, 2.75) is 12.8 Å². The second-order valence-corrected chi connectivity index (χ2v) is 5.40. The lowest BCUT2D eigenvalue weighted by Gasteiger charge is -2.12. The molecule has 1 N–H and O–H groups in total. The van der Waals surface area contributed by atoms with Gasteiger partial charge in [-0.05, 0) is 35.4 Å². The lowest BCUT2D eigenvalue weighted by molar-refractivity contribution is -0.275. The molecule has 142 valence electrons. The van der Waals surface area contributed by atoms with Gasteiger partial charge in [0.25, 0.3) is 0 Å². The normalized spacial score (nSPS) is 11.4. The number of alkyl halides is 3. The smallest absolute Gasteiger partial charge is 0.493 e. The van der Waals surface area contributed by atoms with Crippen molar-refractivity contribution in [1.82, 2.24) is 0 Å². The molecule has 0 spiro atoms. The minimum atomic E-state index is -4.88. The fraction of sp³-hybridized carbons (Fsp3) is 0.158. The Morgan fingerprint density at radius 1 is 1.11 bits per heavy atom. The molecule has 0 aromatic heterocycles. The van der Waals surface area contributed by atoms with E-state index in [1.54, 1.807) is 12.1 Å². The van der Waals surface area contributed by atoms with Crippen LogP contribution in [0.5, 0.6) is 11.5 Å². The Balaban J connectivity index is 2.17. The number of benzene rings is 2. The average molecular weight is 380 g/mol. The van der Waals surface area contributed by atoms with Crippen LogP contribution in [0.1, 0.15) is 21.5 Å². The first-order chi connectivity index (χ1) is 12.7. The highest BCUT2D eigenvalue weighted by molar-refractivity contribution is 5.97. The molecule has 0 heterocycles. The van der Waals surface area contributed by atoms with Gasteiger partial charge in [-0.1, -0.05) is 30.3 Å². The van der Waals surface area contributed by atoms with Gasteiger partial charge in [-0.15, -0.1) is 13.2 Å². The topological polar surface area (TPSA) is 72.8 Å². The van der Waals surface area contributed by atoms with Crippen molar-refractivity contribution in [3.8, 4) is 11.5 Å². The molecule has 2 aromatic rings. The summed E-state index contributed by atoms with van der Waals surface area (Å²) in [6.45, 7) is 0. The Hall–Kier alpha value is -3.29. The highest BCUT2D eigenvalue weighted by Gasteiger charge is 2.32. The summed E-state index contributed by atoms with van der Waals surface area (Å²) in [6.07, 6.45) is -2.56. The zero-order valence-corrected chi connectivity index (χ0v) is 14.1. The maximum atomic E-state index is 12.5. The molecular formula is C19H15F3O5. The third-order valence-corrected chi connectivity index (χ3v) is 3.49. The minimum Gasteiger partial charge on any atom is -0.493 e. The quantitative estimate of drug-likeness (QED) is 0.732. The zero-order valence-electron chi connectivity index (χ0n) is 14.1. The molecule has 0 unspecified atom stereocenters. The lowest BCUT2D eigenvalue weighted by atomic mass is 10.0. The largest absolute Gasteiger partial charge is 0.573 e. The number of ether oxygens (including phenoxy) is 2. The fourth-order valence-electron chi connectivity index (χ4n) is 2.32. The highest BCUT2D eigenvalue weighted by atomic mass is 19.4. The van der Waals surface area contributed by atoms with Crippen LogP contribution in [0.15, 0.2) is 48.5 Å². The molecule has 0 aliphatic carbocycles. The van der Waals surface area contributed by atoms with Gasteiger partial charge < -0.3 is 14.6 Å². The van der Waals surface area contributed by atoms with Crippen molar-refractivity contribution in [2.75, 3.05) is 7.11 Å². The second-order valence-electron chi connectivity index (χ2n) is 5.40. The van der Waals surface area contributed by atoms with Crippen LogP contribution in [0.4, 0.5) is 13.2 Å².